The first-order chi connectivity index (χ1) is 11.8. The van der Waals surface area contributed by atoms with Gasteiger partial charge in [0.2, 0.25) is 0 Å². The highest BCUT2D eigenvalue weighted by Gasteiger charge is 2.25. The average Bonchev–Trinajstić information content (AvgIpc) is 2.56. The van der Waals surface area contributed by atoms with Gasteiger partial charge in [0.25, 0.3) is 17.5 Å². The molecule has 9 heteroatoms. The minimum absolute atomic E-state index is 0.124. The monoisotopic (exact) mass is 361 g/mol. The Morgan fingerprint density at radius 2 is 2.08 bits per heavy atom. The van der Waals surface area contributed by atoms with Crippen LogP contribution >= 0.6 is 11.6 Å². The molecule has 2 aromatic rings. The lowest BCUT2D eigenvalue weighted by Gasteiger charge is -2.23. The molecule has 1 aliphatic rings. The Kier molecular flexibility index (Phi) is 4.28. The summed E-state index contributed by atoms with van der Waals surface area (Å²) < 4.78 is 5.42. The summed E-state index contributed by atoms with van der Waals surface area (Å²) >= 11 is 5.74. The molecule has 25 heavy (non-hydrogen) atoms. The first-order valence-corrected chi connectivity index (χ1v) is 7.60. The molecule has 0 fully saturated rings. The topological polar surface area (TPSA) is 111 Å². The molecule has 0 bridgehead atoms. The van der Waals surface area contributed by atoms with Gasteiger partial charge in [0, 0.05) is 16.8 Å². The summed E-state index contributed by atoms with van der Waals surface area (Å²) in [5.41, 5.74) is 0.243. The van der Waals surface area contributed by atoms with Gasteiger partial charge >= 0.3 is 0 Å². The minimum atomic E-state index is -0.677. The van der Waals surface area contributed by atoms with Crippen molar-refractivity contribution in [3.63, 3.8) is 0 Å². The van der Waals surface area contributed by atoms with Crippen molar-refractivity contribution in [1.29, 1.82) is 0 Å². The minimum Gasteiger partial charge on any atom is -0.479 e. The van der Waals surface area contributed by atoms with Crippen LogP contribution in [0, 0.1) is 10.1 Å². The van der Waals surface area contributed by atoms with E-state index in [2.05, 4.69) is 10.6 Å². The number of carbonyl (C=O) groups is 2. The normalized spacial score (nSPS) is 15.6. The van der Waals surface area contributed by atoms with Gasteiger partial charge in [-0.2, -0.15) is 0 Å². The lowest BCUT2D eigenvalue weighted by molar-refractivity contribution is -0.385. The molecule has 2 aromatic carbocycles. The van der Waals surface area contributed by atoms with Crippen LogP contribution in [0.3, 0.4) is 0 Å². The van der Waals surface area contributed by atoms with Crippen molar-refractivity contribution < 1.29 is 19.2 Å². The Bertz CT molecular complexity index is 899. The van der Waals surface area contributed by atoms with Gasteiger partial charge in [0.05, 0.1) is 10.6 Å². The van der Waals surface area contributed by atoms with Crippen LogP contribution < -0.4 is 15.4 Å². The number of nitrogens with one attached hydrogen (secondary N) is 2. The van der Waals surface area contributed by atoms with Crippen molar-refractivity contribution in [2.45, 2.75) is 13.0 Å². The maximum atomic E-state index is 12.4. The molecule has 1 atom stereocenters. The third-order valence-corrected chi connectivity index (χ3v) is 3.80. The Morgan fingerprint density at radius 1 is 1.32 bits per heavy atom. The molecular formula is C16H12ClN3O5. The number of halogens is 1. The second-order valence-electron chi connectivity index (χ2n) is 5.33. The zero-order valence-electron chi connectivity index (χ0n) is 12.9. The van der Waals surface area contributed by atoms with Crippen molar-refractivity contribution >= 4 is 40.5 Å². The number of rotatable bonds is 3. The summed E-state index contributed by atoms with van der Waals surface area (Å²) in [4.78, 5) is 34.4. The van der Waals surface area contributed by atoms with Gasteiger partial charge in [-0.1, -0.05) is 11.6 Å². The van der Waals surface area contributed by atoms with Gasteiger partial charge in [-0.3, -0.25) is 19.7 Å². The maximum Gasteiger partial charge on any atom is 0.283 e. The quantitative estimate of drug-likeness (QED) is 0.644. The number of amides is 2. The van der Waals surface area contributed by atoms with E-state index < -0.39 is 22.6 Å². The van der Waals surface area contributed by atoms with Crippen molar-refractivity contribution in [2.75, 3.05) is 10.6 Å². The first-order valence-electron chi connectivity index (χ1n) is 7.22. The van der Waals surface area contributed by atoms with Crippen molar-refractivity contribution in [3.05, 3.63) is 57.1 Å². The molecule has 0 saturated heterocycles. The maximum absolute atomic E-state index is 12.4. The van der Waals surface area contributed by atoms with Crippen LogP contribution in [-0.2, 0) is 4.79 Å². The number of nitro benzene ring substituents is 1. The summed E-state index contributed by atoms with van der Waals surface area (Å²) in [7, 11) is 0. The van der Waals surface area contributed by atoms with E-state index >= 15 is 0 Å². The van der Waals surface area contributed by atoms with Crippen LogP contribution in [0.2, 0.25) is 5.02 Å². The van der Waals surface area contributed by atoms with Crippen LogP contribution in [0.15, 0.2) is 36.4 Å². The summed E-state index contributed by atoms with van der Waals surface area (Å²) in [6.45, 7) is 1.62. The molecule has 0 aromatic heterocycles. The van der Waals surface area contributed by atoms with Crippen molar-refractivity contribution in [2.24, 2.45) is 0 Å². The van der Waals surface area contributed by atoms with E-state index in [0.29, 0.717) is 17.1 Å². The number of anilines is 2. The smallest absolute Gasteiger partial charge is 0.283 e. The molecule has 0 spiro atoms. The highest BCUT2D eigenvalue weighted by atomic mass is 35.5. The average molecular weight is 362 g/mol. The molecule has 8 nitrogen and oxygen atoms in total. The number of hydrogen-bond acceptors (Lipinski definition) is 5. The summed E-state index contributed by atoms with van der Waals surface area (Å²) in [5.74, 6) is -0.494. The first kappa shape index (κ1) is 16.7. The second kappa shape index (κ2) is 6.40. The molecule has 3 rings (SSSR count). The number of nitro groups is 1. The van der Waals surface area contributed by atoms with Crippen molar-refractivity contribution in [1.82, 2.24) is 0 Å². The Morgan fingerprint density at radius 3 is 2.80 bits per heavy atom. The zero-order chi connectivity index (χ0) is 18.1. The van der Waals surface area contributed by atoms with E-state index in [1.165, 1.54) is 18.2 Å². The number of ether oxygens (including phenoxy) is 1. The van der Waals surface area contributed by atoms with E-state index in [1.807, 2.05) is 0 Å². The number of fused-ring (bicyclic) bond motifs is 1. The van der Waals surface area contributed by atoms with Crippen LogP contribution in [0.4, 0.5) is 17.1 Å². The van der Waals surface area contributed by atoms with Crippen LogP contribution in [0.25, 0.3) is 0 Å². The third kappa shape index (κ3) is 3.38. The number of benzene rings is 2. The molecule has 1 heterocycles. The van der Waals surface area contributed by atoms with Crippen molar-refractivity contribution in [3.8, 4) is 5.75 Å². The number of hydrogen-bond donors (Lipinski definition) is 2. The van der Waals surface area contributed by atoms with Crippen LogP contribution in [0.5, 0.6) is 5.75 Å². The highest BCUT2D eigenvalue weighted by molar-refractivity contribution is 6.31. The standard InChI is InChI=1S/C16H12ClN3O5/c1-8-15(21)19-12-7-10(3-5-14(12)25-8)18-16(22)11-4-2-9(17)6-13(11)20(23)24/h2-8H,1H3,(H,18,22)(H,19,21)/t8-/m1/s1. The van der Waals surface area contributed by atoms with E-state index in [4.69, 9.17) is 16.3 Å². The van der Waals surface area contributed by atoms with E-state index in [9.17, 15) is 19.7 Å². The summed E-state index contributed by atoms with van der Waals surface area (Å²) in [6, 6.07) is 8.46. The lowest BCUT2D eigenvalue weighted by Crippen LogP contribution is -2.34. The lowest BCUT2D eigenvalue weighted by atomic mass is 10.1. The van der Waals surface area contributed by atoms with Gasteiger partial charge in [-0.15, -0.1) is 0 Å². The Balaban J connectivity index is 1.86. The van der Waals surface area contributed by atoms with Crippen LogP contribution in [-0.4, -0.2) is 22.8 Å². The fourth-order valence-corrected chi connectivity index (χ4v) is 2.50. The van der Waals surface area contributed by atoms with Gasteiger partial charge < -0.3 is 15.4 Å². The SMILES string of the molecule is C[C@H]1Oc2ccc(NC(=O)c3ccc(Cl)cc3[N+](=O)[O-])cc2NC1=O. The molecule has 0 radical (unpaired) electrons. The number of carbonyl (C=O) groups excluding carboxylic acids is 2. The van der Waals surface area contributed by atoms with E-state index in [1.54, 1.807) is 19.1 Å². The van der Waals surface area contributed by atoms with E-state index in [0.717, 1.165) is 6.07 Å². The molecule has 2 amide bonds. The summed E-state index contributed by atoms with van der Waals surface area (Å²) in [6.07, 6.45) is -0.607. The van der Waals surface area contributed by atoms with Crippen LogP contribution in [0.1, 0.15) is 17.3 Å². The molecule has 1 aliphatic heterocycles. The van der Waals surface area contributed by atoms with Gasteiger partial charge in [-0.25, -0.2) is 0 Å². The number of nitrogens with zero attached hydrogens (tertiary/aromatic N) is 1. The molecular weight excluding hydrogens is 350 g/mol. The molecule has 128 valence electrons. The van der Waals surface area contributed by atoms with E-state index in [-0.39, 0.29) is 16.5 Å². The largest absolute Gasteiger partial charge is 0.479 e. The predicted octanol–water partition coefficient (Wildman–Crippen LogP) is 3.22. The summed E-state index contributed by atoms with van der Waals surface area (Å²) in [5, 5.41) is 16.5. The van der Waals surface area contributed by atoms with Gasteiger partial charge in [-0.05, 0) is 37.3 Å². The Hall–Kier alpha value is -3.13. The fraction of sp³-hybridized carbons (Fsp3) is 0.125. The molecule has 0 aliphatic carbocycles. The zero-order valence-corrected chi connectivity index (χ0v) is 13.7. The fourth-order valence-electron chi connectivity index (χ4n) is 2.33. The van der Waals surface area contributed by atoms with Gasteiger partial charge in [0.1, 0.15) is 11.3 Å². The van der Waals surface area contributed by atoms with Gasteiger partial charge in [0.15, 0.2) is 6.10 Å². The predicted molar refractivity (Wildman–Crippen MR) is 91.2 cm³/mol. The molecule has 0 saturated carbocycles. The Labute approximate surface area is 146 Å². The molecule has 0 unspecified atom stereocenters. The third-order valence-electron chi connectivity index (χ3n) is 3.57. The second-order valence-corrected chi connectivity index (χ2v) is 5.77. The highest BCUT2D eigenvalue weighted by Crippen LogP contribution is 2.32. The molecule has 2 N–H and O–H groups in total.